The molecule has 130 heavy (non-hydrogen) atoms. The molecule has 0 aromatic heterocycles. The van der Waals surface area contributed by atoms with Crippen molar-refractivity contribution < 1.29 is 149 Å². The number of fused-ring (bicyclic) bond motifs is 2. The van der Waals surface area contributed by atoms with Gasteiger partial charge in [-0.2, -0.15) is 5.48 Å². The number of allylic oxidation sites excluding steroid dienone is 3. The van der Waals surface area contributed by atoms with E-state index in [1.807, 2.05) is 22.6 Å². The van der Waals surface area contributed by atoms with Crippen LogP contribution >= 0.6 is 63.5 Å². The number of aliphatic hydroxyl groups excluding tert-OH is 4. The van der Waals surface area contributed by atoms with Crippen LogP contribution in [-0.4, -0.2) is 299 Å². The predicted octanol–water partition coefficient (Wildman–Crippen LogP) is 3.53. The molecule has 23 atom stereocenters. The number of amides is 8. The van der Waals surface area contributed by atoms with Gasteiger partial charge in [-0.3, -0.25) is 43.5 Å². The number of nitrogens with two attached hydrogens (primary N) is 2. The van der Waals surface area contributed by atoms with Gasteiger partial charge in [-0.05, 0) is 144 Å². The summed E-state index contributed by atoms with van der Waals surface area (Å²) in [6, 6.07) is -0.0124. The zero-order valence-corrected chi connectivity index (χ0v) is 80.0. The molecule has 2 aliphatic carbocycles. The number of alkyl carbamates (subject to hydrolysis) is 1. The average molecular weight is 2020 g/mol. The highest BCUT2D eigenvalue weighted by molar-refractivity contribution is 14.1. The monoisotopic (exact) mass is 2020 g/mol. The van der Waals surface area contributed by atoms with Gasteiger partial charge in [0.2, 0.25) is 40.8 Å². The van der Waals surface area contributed by atoms with Gasteiger partial charge in [0.25, 0.3) is 0 Å². The van der Waals surface area contributed by atoms with Gasteiger partial charge in [-0.15, -0.1) is 0 Å². The Morgan fingerprint density at radius 1 is 0.792 bits per heavy atom. The number of rotatable bonds is 42. The number of halogens is 1. The van der Waals surface area contributed by atoms with Gasteiger partial charge in [-0.1, -0.05) is 96.0 Å². The Labute approximate surface area is 779 Å². The second kappa shape index (κ2) is 50.7. The molecule has 0 saturated carbocycles. The summed E-state index contributed by atoms with van der Waals surface area (Å²) in [5, 5.41) is 73.6. The van der Waals surface area contributed by atoms with Crippen LogP contribution in [0.15, 0.2) is 59.3 Å². The number of aliphatic hydroxyl groups is 5. The molecule has 0 spiro atoms. The largest absolute Gasteiger partial charge is 0.492 e. The van der Waals surface area contributed by atoms with E-state index in [1.54, 1.807) is 72.7 Å². The minimum atomic E-state index is -4.60. The van der Waals surface area contributed by atoms with Crippen molar-refractivity contribution in [2.24, 2.45) is 17.4 Å². The number of nitrogens with zero attached hydrogens (tertiary/aromatic N) is 1. The van der Waals surface area contributed by atoms with E-state index in [0.717, 1.165) is 40.5 Å². The van der Waals surface area contributed by atoms with E-state index in [2.05, 4.69) is 61.1 Å². The van der Waals surface area contributed by atoms with E-state index in [1.165, 1.54) is 65.4 Å². The number of unbranched alkanes of at least 4 members (excludes halogenated alkanes) is 1. The summed E-state index contributed by atoms with van der Waals surface area (Å²) >= 11 is 2.72. The van der Waals surface area contributed by atoms with Crippen molar-refractivity contribution in [3.05, 3.63) is 79.6 Å². The van der Waals surface area contributed by atoms with Crippen LogP contribution in [0.5, 0.6) is 17.2 Å². The van der Waals surface area contributed by atoms with E-state index < -0.39 is 217 Å². The summed E-state index contributed by atoms with van der Waals surface area (Å²) < 4.78 is 91.8. The molecule has 41 nitrogen and oxygen atoms in total. The number of hydrogen-bond acceptors (Lipinski definition) is 34. The van der Waals surface area contributed by atoms with Crippen LogP contribution in [0.25, 0.3) is 0 Å². The van der Waals surface area contributed by atoms with Gasteiger partial charge in [0.15, 0.2) is 41.8 Å². The Balaban J connectivity index is 1.02. The average Bonchev–Trinajstić information content (AvgIpc) is 0.944. The SMILES string of the molecule is CCC(SSC/C=C1\C2=C(NC(=O)OC)C(=O)C[C@@]1(O)C#C/C=C\C#C[C@@H]2O[C@@H]1O[C@H](C)[C@@H](NO[C@H]2C[C@H](O)[C@H](SC(=O)c3c(C)c(I)c(O[C@@H]4O[C@@H](C)[C@H](O)[C@@H](OC)[C@H]4O)c(OC)c3OC)[C@@H](C)O2)[C@H](O)[C@H]1O[C@H]1C[C@H](OC)[C@@H](N(CC)C(=O)OCc2ccc(NC(=O)[C@H](CCCNC(N)=O)NC(=O)[C@@H](NC(=O)[C@H](CCCCN)NC(C)=O)C(C)C)cc2)CO1)P(=O)(O)O. The summed E-state index contributed by atoms with van der Waals surface area (Å²) in [5.41, 5.74) is 11.8. The summed E-state index contributed by atoms with van der Waals surface area (Å²) in [5.74, 6) is 7.34. The lowest BCUT2D eigenvalue weighted by Gasteiger charge is -2.47. The number of ketones is 1. The number of hydrogen-bond donors (Lipinski definition) is 16. The maximum atomic E-state index is 14.7. The van der Waals surface area contributed by atoms with Gasteiger partial charge in [0.05, 0.1) is 97.0 Å². The molecule has 4 heterocycles. The molecule has 2 aromatic carbocycles. The molecule has 8 rings (SSSR count). The summed E-state index contributed by atoms with van der Waals surface area (Å²) in [6.07, 6.45) is -17.2. The number of urea groups is 1. The second-order valence-electron chi connectivity index (χ2n) is 31.6. The number of anilines is 1. The van der Waals surface area contributed by atoms with E-state index in [9.17, 15) is 83.0 Å². The van der Waals surface area contributed by atoms with E-state index in [4.69, 9.17) is 77.9 Å². The lowest BCUT2D eigenvalue weighted by atomic mass is 9.75. The molecule has 4 aliphatic heterocycles. The molecule has 8 amide bonds. The fourth-order valence-electron chi connectivity index (χ4n) is 15.2. The van der Waals surface area contributed by atoms with E-state index in [-0.39, 0.29) is 110 Å². The minimum absolute atomic E-state index is 0.0162. The van der Waals surface area contributed by atoms with Crippen LogP contribution in [0.3, 0.4) is 0 Å². The number of benzene rings is 2. The first-order valence-electron chi connectivity index (χ1n) is 42.1. The number of likely N-dealkylation sites (N-methyl/N-ethyl adjacent to an activating group) is 1. The number of carbonyl (C=O) groups excluding carboxylic acids is 9. The topological polar surface area (TPSA) is 581 Å². The Hall–Kier alpha value is -7.50. The maximum absolute atomic E-state index is 14.7. The molecule has 722 valence electrons. The molecule has 2 aromatic rings. The molecule has 1 unspecified atom stereocenters. The third kappa shape index (κ3) is 28.6. The van der Waals surface area contributed by atoms with Gasteiger partial charge >= 0.3 is 25.8 Å². The molecular formula is C84H120IN10O31PS3. The van der Waals surface area contributed by atoms with Crippen molar-refractivity contribution in [2.75, 3.05) is 72.9 Å². The molecule has 18 N–H and O–H groups in total. The first-order chi connectivity index (χ1) is 61.7. The highest BCUT2D eigenvalue weighted by atomic mass is 127. The number of thioether (sulfide) groups is 1. The minimum Gasteiger partial charge on any atom is -0.492 e. The van der Waals surface area contributed by atoms with Gasteiger partial charge in [-0.25, -0.2) is 14.4 Å². The van der Waals surface area contributed by atoms with Crippen LogP contribution in [-0.2, 0) is 87.4 Å². The Morgan fingerprint density at radius 3 is 2.10 bits per heavy atom. The molecule has 46 heteroatoms. The van der Waals surface area contributed by atoms with Gasteiger partial charge in [0.1, 0.15) is 66.3 Å². The smallest absolute Gasteiger partial charge is 0.411 e. The first kappa shape index (κ1) is 108. The second-order valence-corrected chi connectivity index (χ2v) is 38.6. The summed E-state index contributed by atoms with van der Waals surface area (Å²) in [4.78, 5) is 149. The Bertz CT molecular complexity index is 4540. The van der Waals surface area contributed by atoms with Crippen molar-refractivity contribution in [3.63, 3.8) is 0 Å². The third-order valence-electron chi connectivity index (χ3n) is 22.1. The lowest BCUT2D eigenvalue weighted by molar-refractivity contribution is -0.337. The van der Waals surface area contributed by atoms with Crippen molar-refractivity contribution in [1.29, 1.82) is 0 Å². The normalized spacial score (nSPS) is 28.2. The predicted molar refractivity (Wildman–Crippen MR) is 482 cm³/mol. The standard InChI is InChI=1S/C84H120IN10O31PS3/c1-15-59(127(110,111)112)130-128-35-31-49-61-55(26-19-17-18-21-32-84(49,109)38-54(98)65(61)93-82(107)117-14)123-80-72(67(100)64(43(6)121-80)94-126-58-36-53(97)74(45(8)120-58)129-78(105)60-42(5)62(85)70(73(116-13)69(60)114-11)125-79-68(101)71(115-12)66(99)44(7)122-79)124-57-37-56(113-10)52(40-118-57)95(16-2)83(108)119-39-47-27-29-48(30-28-47)90-75(102)51(25-23-34-88-81(87)106)91-77(104)63(41(3)4)92-76(103)50(89-46(9)96)24-20-22-33-86/h17-18,27-31,41,43-45,50-53,55-59,63-64,66-68,71-72,74,79-80,94,97,99-101,109H,15-16,20,22-25,33-40,86H2,1-14H3,(H,89,96)(H,90,102)(H,91,104)(H,92,103)(H,93,107)(H3,87,88,106)(H2,110,111,112)/b18-17-,49-31+/t43-,44+,45-,50+,51+,52+,53+,55+,56+,57+,58+,59?,63+,64-,66+,67+,68-,71-,72-,74-,79+,80+,84+/m1/s1. The third-order valence-corrected chi connectivity index (χ3v) is 30.0. The molecule has 4 saturated heterocycles. The first-order valence-corrected chi connectivity index (χ1v) is 48.2. The van der Waals surface area contributed by atoms with Crippen LogP contribution in [0, 0.1) is 40.1 Å². The van der Waals surface area contributed by atoms with E-state index in [0.29, 0.717) is 34.1 Å². The van der Waals surface area contributed by atoms with Crippen molar-refractivity contribution >= 4 is 122 Å². The molecule has 0 radical (unpaired) electrons. The molecule has 6 aliphatic rings. The number of carbonyl (C=O) groups is 9. The molecular weight excluding hydrogens is 1900 g/mol. The summed E-state index contributed by atoms with van der Waals surface area (Å²) in [6.45, 7) is 14.3. The van der Waals surface area contributed by atoms with Crippen LogP contribution in [0.1, 0.15) is 135 Å². The van der Waals surface area contributed by atoms with Crippen LogP contribution in [0.2, 0.25) is 0 Å². The van der Waals surface area contributed by atoms with Crippen LogP contribution < -0.4 is 63.1 Å². The van der Waals surface area contributed by atoms with Gasteiger partial charge in [0, 0.05) is 69.7 Å². The van der Waals surface area contributed by atoms with Crippen molar-refractivity contribution in [1.82, 2.24) is 37.0 Å². The highest BCUT2D eigenvalue weighted by Crippen LogP contribution is 2.53. The fraction of sp³-hybridized carbons (Fsp3) is 0.631. The quantitative estimate of drug-likeness (QED) is 0.0113. The molecule has 4 fully saturated rings. The number of hydroxylamine groups is 1. The number of Topliss-reactive ketones (excluding diaryl/α,β-unsaturated/α-hetero) is 1. The lowest BCUT2D eigenvalue weighted by Crippen LogP contribution is -2.65. The summed E-state index contributed by atoms with van der Waals surface area (Å²) in [7, 11) is 3.70. The number of ether oxygens (including phenoxy) is 13. The maximum Gasteiger partial charge on any atom is 0.411 e. The number of primary amides is 1. The zero-order valence-electron chi connectivity index (χ0n) is 74.5. The van der Waals surface area contributed by atoms with Crippen LogP contribution in [0.4, 0.5) is 20.1 Å². The number of methoxy groups -OCH3 is 5. The van der Waals surface area contributed by atoms with Crippen molar-refractivity contribution in [2.45, 2.75) is 265 Å². The number of nitrogens with one attached hydrogen (secondary N) is 7. The van der Waals surface area contributed by atoms with E-state index >= 15 is 0 Å². The van der Waals surface area contributed by atoms with Crippen molar-refractivity contribution in [3.8, 4) is 40.9 Å². The van der Waals surface area contributed by atoms with Gasteiger partial charge < -0.3 is 140 Å². The zero-order chi connectivity index (χ0) is 95.8. The Morgan fingerprint density at radius 2 is 1.48 bits per heavy atom. The highest BCUT2D eigenvalue weighted by Gasteiger charge is 2.53. The molecule has 2 bridgehead atoms. The Kier molecular flexibility index (Phi) is 42.1. The fourth-order valence-corrected chi connectivity index (χ4v) is 21.4.